The predicted molar refractivity (Wildman–Crippen MR) is 64.5 cm³/mol. The van der Waals surface area contributed by atoms with Crippen LogP contribution in [0.1, 0.15) is 32.2 Å². The van der Waals surface area contributed by atoms with Gasteiger partial charge in [0.25, 0.3) is 0 Å². The molecule has 0 radical (unpaired) electrons. The average Bonchev–Trinajstić information content (AvgIpc) is 2.57. The standard InChI is InChI=1S/C12H18N4/c1-12(2,3)10-5-6-11-14-9(7-13-4)8-16(11)15-10/h5-6,8,13H,7H2,1-4H3. The van der Waals surface area contributed by atoms with Gasteiger partial charge in [-0.25, -0.2) is 9.50 Å². The minimum atomic E-state index is 0.0711. The molecule has 0 spiro atoms. The van der Waals surface area contributed by atoms with Gasteiger partial charge in [-0.1, -0.05) is 20.8 Å². The van der Waals surface area contributed by atoms with Crippen LogP contribution in [-0.2, 0) is 12.0 Å². The van der Waals surface area contributed by atoms with Crippen molar-refractivity contribution in [3.8, 4) is 0 Å². The molecule has 16 heavy (non-hydrogen) atoms. The number of nitrogens with zero attached hydrogens (tertiary/aromatic N) is 3. The number of nitrogens with one attached hydrogen (secondary N) is 1. The van der Waals surface area contributed by atoms with Gasteiger partial charge in [-0.2, -0.15) is 5.10 Å². The third kappa shape index (κ3) is 2.07. The molecule has 86 valence electrons. The Balaban J connectivity index is 2.46. The van der Waals surface area contributed by atoms with Crippen molar-refractivity contribution in [2.75, 3.05) is 7.05 Å². The Morgan fingerprint density at radius 3 is 2.69 bits per heavy atom. The molecule has 0 saturated carbocycles. The van der Waals surface area contributed by atoms with Crippen LogP contribution in [-0.4, -0.2) is 21.6 Å². The van der Waals surface area contributed by atoms with E-state index < -0.39 is 0 Å². The lowest BCUT2D eigenvalue weighted by Gasteiger charge is -2.16. The van der Waals surface area contributed by atoms with E-state index in [2.05, 4.69) is 36.2 Å². The summed E-state index contributed by atoms with van der Waals surface area (Å²) >= 11 is 0. The van der Waals surface area contributed by atoms with Crippen LogP contribution in [0.25, 0.3) is 5.65 Å². The summed E-state index contributed by atoms with van der Waals surface area (Å²) in [6.45, 7) is 7.25. The Labute approximate surface area is 95.7 Å². The van der Waals surface area contributed by atoms with E-state index in [0.717, 1.165) is 23.6 Å². The Hall–Kier alpha value is -1.42. The van der Waals surface area contributed by atoms with Crippen molar-refractivity contribution in [1.29, 1.82) is 0 Å². The molecule has 2 aromatic heterocycles. The quantitative estimate of drug-likeness (QED) is 0.835. The fourth-order valence-electron chi connectivity index (χ4n) is 1.60. The molecule has 0 aliphatic carbocycles. The maximum Gasteiger partial charge on any atom is 0.153 e. The molecule has 1 N–H and O–H groups in total. The van der Waals surface area contributed by atoms with Crippen LogP contribution >= 0.6 is 0 Å². The van der Waals surface area contributed by atoms with E-state index in [-0.39, 0.29) is 5.41 Å². The monoisotopic (exact) mass is 218 g/mol. The number of rotatable bonds is 2. The molecule has 2 aromatic rings. The largest absolute Gasteiger partial charge is 0.314 e. The zero-order valence-corrected chi connectivity index (χ0v) is 10.3. The van der Waals surface area contributed by atoms with E-state index >= 15 is 0 Å². The molecule has 0 aliphatic heterocycles. The molecule has 0 bridgehead atoms. The Morgan fingerprint density at radius 2 is 2.06 bits per heavy atom. The number of imidazole rings is 1. The van der Waals surface area contributed by atoms with Crippen molar-refractivity contribution in [3.05, 3.63) is 29.7 Å². The summed E-state index contributed by atoms with van der Waals surface area (Å²) in [7, 11) is 1.91. The lowest BCUT2D eigenvalue weighted by Crippen LogP contribution is -2.15. The van der Waals surface area contributed by atoms with E-state index in [0.29, 0.717) is 0 Å². The highest BCUT2D eigenvalue weighted by molar-refractivity contribution is 5.39. The molecule has 2 heterocycles. The van der Waals surface area contributed by atoms with Crippen molar-refractivity contribution < 1.29 is 0 Å². The van der Waals surface area contributed by atoms with Crippen LogP contribution in [0.5, 0.6) is 0 Å². The smallest absolute Gasteiger partial charge is 0.153 e. The van der Waals surface area contributed by atoms with Gasteiger partial charge in [0.05, 0.1) is 17.6 Å². The van der Waals surface area contributed by atoms with Crippen LogP contribution in [0, 0.1) is 0 Å². The zero-order valence-electron chi connectivity index (χ0n) is 10.3. The molecule has 0 amide bonds. The van der Waals surface area contributed by atoms with Gasteiger partial charge in [-0.3, -0.25) is 0 Å². The number of hydrogen-bond donors (Lipinski definition) is 1. The molecule has 0 saturated heterocycles. The minimum absolute atomic E-state index is 0.0711. The number of fused-ring (bicyclic) bond motifs is 1. The highest BCUT2D eigenvalue weighted by atomic mass is 15.3. The first-order chi connectivity index (χ1) is 7.50. The summed E-state index contributed by atoms with van der Waals surface area (Å²) in [5.41, 5.74) is 3.06. The van der Waals surface area contributed by atoms with Gasteiger partial charge in [-0.15, -0.1) is 0 Å². The molecule has 0 aromatic carbocycles. The molecule has 0 unspecified atom stereocenters. The van der Waals surface area contributed by atoms with E-state index in [1.54, 1.807) is 0 Å². The first kappa shape index (κ1) is 11.1. The Morgan fingerprint density at radius 1 is 1.31 bits per heavy atom. The van der Waals surface area contributed by atoms with Crippen molar-refractivity contribution in [2.24, 2.45) is 0 Å². The summed E-state index contributed by atoms with van der Waals surface area (Å²) in [4.78, 5) is 4.46. The molecule has 4 heteroatoms. The fraction of sp³-hybridized carbons (Fsp3) is 0.500. The summed E-state index contributed by atoms with van der Waals surface area (Å²) in [6.07, 6.45) is 1.97. The van der Waals surface area contributed by atoms with Gasteiger partial charge in [0, 0.05) is 12.0 Å². The highest BCUT2D eigenvalue weighted by Gasteiger charge is 2.16. The van der Waals surface area contributed by atoms with Crippen LogP contribution < -0.4 is 5.32 Å². The zero-order chi connectivity index (χ0) is 11.8. The summed E-state index contributed by atoms with van der Waals surface area (Å²) in [6, 6.07) is 4.07. The van der Waals surface area contributed by atoms with Gasteiger partial charge in [0.15, 0.2) is 5.65 Å². The second-order valence-corrected chi connectivity index (χ2v) is 5.03. The normalized spacial score (nSPS) is 12.2. The van der Waals surface area contributed by atoms with Gasteiger partial charge >= 0.3 is 0 Å². The summed E-state index contributed by atoms with van der Waals surface area (Å²) < 4.78 is 1.85. The van der Waals surface area contributed by atoms with Crippen LogP contribution in [0.4, 0.5) is 0 Å². The first-order valence-corrected chi connectivity index (χ1v) is 5.51. The SMILES string of the molecule is CNCc1cn2nc(C(C)(C)C)ccc2n1. The summed E-state index contributed by atoms with van der Waals surface area (Å²) in [5, 5.41) is 7.66. The fourth-order valence-corrected chi connectivity index (χ4v) is 1.60. The van der Waals surface area contributed by atoms with E-state index in [1.165, 1.54) is 0 Å². The van der Waals surface area contributed by atoms with Crippen LogP contribution in [0.2, 0.25) is 0 Å². The number of hydrogen-bond acceptors (Lipinski definition) is 3. The topological polar surface area (TPSA) is 42.2 Å². The van der Waals surface area contributed by atoms with E-state index in [1.807, 2.05) is 29.9 Å². The van der Waals surface area contributed by atoms with E-state index in [9.17, 15) is 0 Å². The molecule has 0 fully saturated rings. The lowest BCUT2D eigenvalue weighted by molar-refractivity contribution is 0.554. The first-order valence-electron chi connectivity index (χ1n) is 5.51. The average molecular weight is 218 g/mol. The van der Waals surface area contributed by atoms with Gasteiger partial charge < -0.3 is 5.32 Å². The molecule has 0 atom stereocenters. The second kappa shape index (κ2) is 3.87. The van der Waals surface area contributed by atoms with Gasteiger partial charge in [-0.05, 0) is 19.2 Å². The van der Waals surface area contributed by atoms with Crippen molar-refractivity contribution >= 4 is 5.65 Å². The Bertz CT molecular complexity index is 493. The number of aromatic nitrogens is 3. The molecule has 4 nitrogen and oxygen atoms in total. The van der Waals surface area contributed by atoms with Crippen molar-refractivity contribution in [1.82, 2.24) is 19.9 Å². The third-order valence-corrected chi connectivity index (χ3v) is 2.50. The Kier molecular flexibility index (Phi) is 2.68. The predicted octanol–water partition coefficient (Wildman–Crippen LogP) is 1.75. The van der Waals surface area contributed by atoms with Crippen molar-refractivity contribution in [2.45, 2.75) is 32.7 Å². The molecule has 2 rings (SSSR count). The molecule has 0 aliphatic rings. The maximum absolute atomic E-state index is 4.58. The van der Waals surface area contributed by atoms with Gasteiger partial charge in [0.1, 0.15) is 0 Å². The highest BCUT2D eigenvalue weighted by Crippen LogP contribution is 2.19. The van der Waals surface area contributed by atoms with Gasteiger partial charge in [0.2, 0.25) is 0 Å². The molecular formula is C12H18N4. The third-order valence-electron chi connectivity index (χ3n) is 2.50. The van der Waals surface area contributed by atoms with Crippen LogP contribution in [0.3, 0.4) is 0 Å². The second-order valence-electron chi connectivity index (χ2n) is 5.03. The summed E-state index contributed by atoms with van der Waals surface area (Å²) in [5.74, 6) is 0. The maximum atomic E-state index is 4.58. The lowest BCUT2D eigenvalue weighted by atomic mass is 9.92. The van der Waals surface area contributed by atoms with Crippen molar-refractivity contribution in [3.63, 3.8) is 0 Å². The minimum Gasteiger partial charge on any atom is -0.314 e. The van der Waals surface area contributed by atoms with E-state index in [4.69, 9.17) is 0 Å². The van der Waals surface area contributed by atoms with Crippen LogP contribution in [0.15, 0.2) is 18.3 Å². The molecular weight excluding hydrogens is 200 g/mol.